The zero-order chi connectivity index (χ0) is 24.6. The van der Waals surface area contributed by atoms with E-state index in [0.717, 1.165) is 22.1 Å². The van der Waals surface area contributed by atoms with Crippen LogP contribution in [0.2, 0.25) is 0 Å². The maximum Gasteiger partial charge on any atom is 0.237 e. The van der Waals surface area contributed by atoms with Crippen LogP contribution < -0.4 is 4.90 Å². The number of benzene rings is 3. The number of fused-ring (bicyclic) bond motifs is 1. The third-order valence-electron chi connectivity index (χ3n) is 6.64. The summed E-state index contributed by atoms with van der Waals surface area (Å²) in [7, 11) is 0. The van der Waals surface area contributed by atoms with E-state index >= 15 is 0 Å². The first kappa shape index (κ1) is 24.0. The molecule has 4 nitrogen and oxygen atoms in total. The lowest BCUT2D eigenvalue weighted by Crippen LogP contribution is -2.56. The average Bonchev–Trinajstić information content (AvgIpc) is 3.24. The van der Waals surface area contributed by atoms with Crippen molar-refractivity contribution in [3.8, 4) is 5.69 Å². The number of nitrogens with zero attached hydrogens (tertiary/aromatic N) is 3. The molecule has 4 aromatic rings. The molecule has 1 aromatic heterocycles. The number of rotatable bonds is 5. The molecule has 0 radical (unpaired) electrons. The van der Waals surface area contributed by atoms with Crippen molar-refractivity contribution in [3.63, 3.8) is 0 Å². The maximum atomic E-state index is 13.7. The van der Waals surface area contributed by atoms with E-state index in [1.165, 1.54) is 34.2 Å². The van der Waals surface area contributed by atoms with Crippen molar-refractivity contribution >= 4 is 46.9 Å². The molecular formula is C28H27N3OS3. The summed E-state index contributed by atoms with van der Waals surface area (Å²) in [6.45, 7) is 6.63. The summed E-state index contributed by atoms with van der Waals surface area (Å²) in [5.74, 6) is 0.381. The molecule has 35 heavy (non-hydrogen) atoms. The van der Waals surface area contributed by atoms with E-state index in [1.54, 1.807) is 4.68 Å². The third kappa shape index (κ3) is 4.48. The predicted molar refractivity (Wildman–Crippen MR) is 149 cm³/mol. The summed E-state index contributed by atoms with van der Waals surface area (Å²) in [5, 5.41) is 4.66. The van der Waals surface area contributed by atoms with Crippen LogP contribution in [0.1, 0.15) is 38.3 Å². The fourth-order valence-electron chi connectivity index (χ4n) is 5.28. The van der Waals surface area contributed by atoms with Gasteiger partial charge in [-0.05, 0) is 61.8 Å². The number of hydrogen-bond donors (Lipinski definition) is 0. The molecule has 1 unspecified atom stereocenters. The molecule has 5 rings (SSSR count). The van der Waals surface area contributed by atoms with Gasteiger partial charge in [0, 0.05) is 16.6 Å². The lowest BCUT2D eigenvalue weighted by Gasteiger charge is -2.51. The Balaban J connectivity index is 1.43. The van der Waals surface area contributed by atoms with E-state index < -0.39 is 0 Å². The Morgan fingerprint density at radius 1 is 0.971 bits per heavy atom. The molecule has 0 spiro atoms. The van der Waals surface area contributed by atoms with Crippen molar-refractivity contribution in [1.82, 2.24) is 9.78 Å². The number of para-hydroxylation sites is 2. The van der Waals surface area contributed by atoms with Crippen LogP contribution in [0.3, 0.4) is 0 Å². The molecule has 7 heteroatoms. The van der Waals surface area contributed by atoms with Crippen LogP contribution in [-0.4, -0.2) is 27.0 Å². The number of anilines is 1. The number of carbonyl (C=O) groups excluding carboxylic acids is 1. The summed E-state index contributed by atoms with van der Waals surface area (Å²) in [5.41, 5.74) is 3.84. The van der Waals surface area contributed by atoms with Crippen LogP contribution in [0.15, 0.2) is 89.3 Å². The maximum absolute atomic E-state index is 13.7. The van der Waals surface area contributed by atoms with E-state index in [9.17, 15) is 4.79 Å². The minimum absolute atomic E-state index is 0.0786. The predicted octanol–water partition coefficient (Wildman–Crippen LogP) is 7.28. The summed E-state index contributed by atoms with van der Waals surface area (Å²) < 4.78 is 3.23. The first-order chi connectivity index (χ1) is 16.8. The summed E-state index contributed by atoms with van der Waals surface area (Å²) in [6, 6.07) is 28.8. The highest BCUT2D eigenvalue weighted by atomic mass is 32.2. The SMILES string of the molecule is CC1(c2ccccc2)CC(C)(C)N(C(=O)CSc2nn(-c3ccccc3)c(=S)s2)c2ccccc21. The van der Waals surface area contributed by atoms with Crippen LogP contribution in [0, 0.1) is 3.95 Å². The molecule has 0 saturated heterocycles. The Morgan fingerprint density at radius 3 is 2.31 bits per heavy atom. The highest BCUT2D eigenvalue weighted by Crippen LogP contribution is 2.50. The molecule has 0 fully saturated rings. The van der Waals surface area contributed by atoms with Crippen molar-refractivity contribution in [1.29, 1.82) is 0 Å². The number of thioether (sulfide) groups is 1. The quantitative estimate of drug-likeness (QED) is 0.206. The highest BCUT2D eigenvalue weighted by molar-refractivity contribution is 8.01. The van der Waals surface area contributed by atoms with Crippen molar-refractivity contribution in [3.05, 3.63) is 100 Å². The van der Waals surface area contributed by atoms with Gasteiger partial charge in [-0.3, -0.25) is 4.79 Å². The fraction of sp³-hybridized carbons (Fsp3) is 0.250. The minimum atomic E-state index is -0.355. The Hall–Kier alpha value is -2.74. The van der Waals surface area contributed by atoms with Crippen molar-refractivity contribution in [2.24, 2.45) is 0 Å². The van der Waals surface area contributed by atoms with Gasteiger partial charge in [-0.2, -0.15) is 0 Å². The molecule has 0 saturated carbocycles. The van der Waals surface area contributed by atoms with Gasteiger partial charge in [0.2, 0.25) is 5.91 Å². The number of aromatic nitrogens is 2. The van der Waals surface area contributed by atoms with Crippen LogP contribution in [0.4, 0.5) is 5.69 Å². The van der Waals surface area contributed by atoms with Gasteiger partial charge in [-0.15, -0.1) is 5.10 Å². The molecule has 3 aromatic carbocycles. The summed E-state index contributed by atoms with van der Waals surface area (Å²) in [6.07, 6.45) is 0.832. The van der Waals surface area contributed by atoms with Crippen molar-refractivity contribution in [2.45, 2.75) is 42.5 Å². The number of amides is 1. The number of hydrogen-bond acceptors (Lipinski definition) is 5. The Morgan fingerprint density at radius 2 is 1.60 bits per heavy atom. The van der Waals surface area contributed by atoms with Gasteiger partial charge in [0.05, 0.1) is 11.4 Å². The van der Waals surface area contributed by atoms with Crippen molar-refractivity contribution in [2.75, 3.05) is 10.7 Å². The van der Waals surface area contributed by atoms with Crippen LogP contribution in [0.5, 0.6) is 0 Å². The average molecular weight is 518 g/mol. The van der Waals surface area contributed by atoms with E-state index in [4.69, 9.17) is 12.2 Å². The lowest BCUT2D eigenvalue weighted by atomic mass is 9.65. The normalized spacial score (nSPS) is 18.8. The van der Waals surface area contributed by atoms with Crippen LogP contribution in [-0.2, 0) is 10.2 Å². The minimum Gasteiger partial charge on any atom is -0.306 e. The molecule has 1 aliphatic heterocycles. The molecule has 1 amide bonds. The van der Waals surface area contributed by atoms with Gasteiger partial charge in [-0.1, -0.05) is 96.8 Å². The summed E-state index contributed by atoms with van der Waals surface area (Å²) >= 11 is 8.42. The Bertz CT molecular complexity index is 1410. The molecule has 1 atom stereocenters. The molecule has 1 aliphatic rings. The van der Waals surface area contributed by atoms with E-state index in [1.807, 2.05) is 47.4 Å². The first-order valence-corrected chi connectivity index (χ1v) is 13.8. The smallest absolute Gasteiger partial charge is 0.237 e. The fourth-order valence-corrected chi connectivity index (χ4v) is 7.49. The van der Waals surface area contributed by atoms with E-state index in [2.05, 4.69) is 68.3 Å². The monoisotopic (exact) mass is 517 g/mol. The van der Waals surface area contributed by atoms with E-state index in [0.29, 0.717) is 9.71 Å². The van der Waals surface area contributed by atoms with Gasteiger partial charge in [-0.25, -0.2) is 4.68 Å². The van der Waals surface area contributed by atoms with Crippen LogP contribution in [0.25, 0.3) is 5.69 Å². The van der Waals surface area contributed by atoms with Crippen molar-refractivity contribution < 1.29 is 4.79 Å². The zero-order valence-electron chi connectivity index (χ0n) is 20.0. The topological polar surface area (TPSA) is 38.1 Å². The molecule has 0 aliphatic carbocycles. The second-order valence-corrected chi connectivity index (χ2v) is 12.4. The van der Waals surface area contributed by atoms with E-state index in [-0.39, 0.29) is 16.9 Å². The lowest BCUT2D eigenvalue weighted by molar-refractivity contribution is -0.117. The first-order valence-electron chi connectivity index (χ1n) is 11.6. The molecule has 0 N–H and O–H groups in total. The second kappa shape index (κ2) is 9.37. The van der Waals surface area contributed by atoms with Gasteiger partial charge in [0.1, 0.15) is 0 Å². The molecule has 178 valence electrons. The Kier molecular flexibility index (Phi) is 6.42. The summed E-state index contributed by atoms with van der Waals surface area (Å²) in [4.78, 5) is 15.7. The second-order valence-electron chi connectivity index (χ2n) is 9.60. The van der Waals surface area contributed by atoms with Gasteiger partial charge >= 0.3 is 0 Å². The van der Waals surface area contributed by atoms with Gasteiger partial charge < -0.3 is 4.90 Å². The zero-order valence-corrected chi connectivity index (χ0v) is 22.4. The Labute approximate surface area is 219 Å². The molecule has 0 bridgehead atoms. The standard InChI is InChI=1S/C28H27N3OS3/c1-27(2)19-28(3,20-12-6-4-7-13-20)22-16-10-11-17-23(22)30(27)24(32)18-34-25-29-31(26(33)35-25)21-14-8-5-9-15-21/h4-17H,18-19H2,1-3H3. The number of carbonyl (C=O) groups is 1. The van der Waals surface area contributed by atoms with Gasteiger partial charge in [0.15, 0.2) is 8.29 Å². The largest absolute Gasteiger partial charge is 0.306 e. The molecular weight excluding hydrogens is 491 g/mol. The third-order valence-corrected chi connectivity index (χ3v) is 8.99. The van der Waals surface area contributed by atoms with Crippen LogP contribution >= 0.6 is 35.3 Å². The highest BCUT2D eigenvalue weighted by Gasteiger charge is 2.47. The molecule has 2 heterocycles. The van der Waals surface area contributed by atoms with Gasteiger partial charge in [0.25, 0.3) is 0 Å².